The number of para-hydroxylation sites is 2. The molecule has 0 bridgehead atoms. The number of unbranched alkanes of at least 4 members (excludes halogenated alkanes) is 1. The number of benzene rings is 2. The zero-order chi connectivity index (χ0) is 16.5. The summed E-state index contributed by atoms with van der Waals surface area (Å²) in [5.41, 5.74) is 1.05. The van der Waals surface area contributed by atoms with E-state index in [-0.39, 0.29) is 0 Å². The molecular weight excluding hydrogens is 312 g/mol. The minimum atomic E-state index is 0.634. The largest absolute Gasteiger partial charge is 0.493 e. The minimum Gasteiger partial charge on any atom is -0.493 e. The topological polar surface area (TPSA) is 27.7 Å². The van der Waals surface area contributed by atoms with Gasteiger partial charge in [-0.3, -0.25) is 0 Å². The number of ether oxygens (including phenoxy) is 3. The molecule has 2 aromatic carbocycles. The molecule has 0 radical (unpaired) electrons. The molecule has 0 N–H and O–H groups in total. The Balaban J connectivity index is 1.68. The van der Waals surface area contributed by atoms with E-state index in [4.69, 9.17) is 25.8 Å². The summed E-state index contributed by atoms with van der Waals surface area (Å²) in [6.45, 7) is 5.91. The van der Waals surface area contributed by atoms with Gasteiger partial charge in [0.05, 0.1) is 19.8 Å². The Hall–Kier alpha value is -1.87. The summed E-state index contributed by atoms with van der Waals surface area (Å²) in [4.78, 5) is 0. The van der Waals surface area contributed by atoms with Crippen molar-refractivity contribution in [3.63, 3.8) is 0 Å². The van der Waals surface area contributed by atoms with E-state index in [0.29, 0.717) is 19.8 Å². The van der Waals surface area contributed by atoms with Crippen LogP contribution in [0.4, 0.5) is 0 Å². The summed E-state index contributed by atoms with van der Waals surface area (Å²) >= 11 is 5.93. The van der Waals surface area contributed by atoms with Crippen molar-refractivity contribution in [3.8, 4) is 17.2 Å². The fourth-order valence-electron chi connectivity index (χ4n) is 2.19. The van der Waals surface area contributed by atoms with Gasteiger partial charge in [-0.05, 0) is 62.6 Å². The van der Waals surface area contributed by atoms with Crippen LogP contribution in [0.2, 0.25) is 5.02 Å². The first-order valence-electron chi connectivity index (χ1n) is 7.94. The van der Waals surface area contributed by atoms with Crippen LogP contribution >= 0.6 is 11.6 Å². The van der Waals surface area contributed by atoms with Crippen molar-refractivity contribution in [2.75, 3.05) is 19.8 Å². The van der Waals surface area contributed by atoms with Gasteiger partial charge >= 0.3 is 0 Å². The maximum atomic E-state index is 5.93. The third-order valence-corrected chi connectivity index (χ3v) is 3.57. The highest BCUT2D eigenvalue weighted by atomic mass is 35.5. The monoisotopic (exact) mass is 334 g/mol. The number of halogens is 1. The molecule has 0 aliphatic heterocycles. The first kappa shape index (κ1) is 17.5. The first-order chi connectivity index (χ1) is 11.2. The molecule has 0 saturated heterocycles. The molecule has 4 heteroatoms. The number of hydrogen-bond donors (Lipinski definition) is 0. The van der Waals surface area contributed by atoms with Gasteiger partial charge in [0, 0.05) is 5.02 Å². The van der Waals surface area contributed by atoms with E-state index in [1.165, 1.54) is 0 Å². The summed E-state index contributed by atoms with van der Waals surface area (Å²) < 4.78 is 17.1. The Bertz CT molecular complexity index is 613. The smallest absolute Gasteiger partial charge is 0.161 e. The van der Waals surface area contributed by atoms with E-state index < -0.39 is 0 Å². The van der Waals surface area contributed by atoms with Gasteiger partial charge in [-0.1, -0.05) is 23.7 Å². The molecule has 0 aromatic heterocycles. The molecule has 0 amide bonds. The SMILES string of the molecule is CCOc1ccccc1OCCCCOc1ccc(Cl)cc1C. The van der Waals surface area contributed by atoms with Crippen molar-refractivity contribution in [1.82, 2.24) is 0 Å². The minimum absolute atomic E-state index is 0.634. The standard InChI is InChI=1S/C19H23ClO3/c1-3-21-18-8-4-5-9-19(18)23-13-7-6-12-22-17-11-10-16(20)14-15(17)2/h4-5,8-11,14H,3,6-7,12-13H2,1-2H3. The Kier molecular flexibility index (Phi) is 7.08. The molecule has 124 valence electrons. The molecule has 2 aromatic rings. The summed E-state index contributed by atoms with van der Waals surface area (Å²) in [6, 6.07) is 13.4. The summed E-state index contributed by atoms with van der Waals surface area (Å²) in [5.74, 6) is 2.48. The van der Waals surface area contributed by atoms with Crippen molar-refractivity contribution in [2.24, 2.45) is 0 Å². The highest BCUT2D eigenvalue weighted by Gasteiger charge is 2.03. The third kappa shape index (κ3) is 5.68. The highest BCUT2D eigenvalue weighted by Crippen LogP contribution is 2.26. The zero-order valence-corrected chi connectivity index (χ0v) is 14.4. The van der Waals surface area contributed by atoms with Crippen molar-refractivity contribution >= 4 is 11.6 Å². The van der Waals surface area contributed by atoms with Crippen LogP contribution in [0, 0.1) is 6.92 Å². The lowest BCUT2D eigenvalue weighted by Crippen LogP contribution is -2.04. The van der Waals surface area contributed by atoms with Crippen LogP contribution in [-0.4, -0.2) is 19.8 Å². The Labute approximate surface area is 143 Å². The van der Waals surface area contributed by atoms with Gasteiger partial charge in [-0.15, -0.1) is 0 Å². The van der Waals surface area contributed by atoms with E-state index in [9.17, 15) is 0 Å². The van der Waals surface area contributed by atoms with Crippen molar-refractivity contribution in [1.29, 1.82) is 0 Å². The van der Waals surface area contributed by atoms with Gasteiger partial charge in [0.2, 0.25) is 0 Å². The summed E-state index contributed by atoms with van der Waals surface area (Å²) in [6.07, 6.45) is 1.85. The van der Waals surface area contributed by atoms with Crippen LogP contribution in [0.25, 0.3) is 0 Å². The van der Waals surface area contributed by atoms with Gasteiger partial charge in [0.25, 0.3) is 0 Å². The summed E-state index contributed by atoms with van der Waals surface area (Å²) in [7, 11) is 0. The maximum Gasteiger partial charge on any atom is 0.161 e. The van der Waals surface area contributed by atoms with Crippen LogP contribution in [0.3, 0.4) is 0 Å². The van der Waals surface area contributed by atoms with Gasteiger partial charge in [-0.25, -0.2) is 0 Å². The molecule has 0 unspecified atom stereocenters. The average molecular weight is 335 g/mol. The molecule has 23 heavy (non-hydrogen) atoms. The zero-order valence-electron chi connectivity index (χ0n) is 13.7. The molecule has 0 heterocycles. The fourth-order valence-corrected chi connectivity index (χ4v) is 2.41. The van der Waals surface area contributed by atoms with E-state index in [2.05, 4.69) is 0 Å². The Morgan fingerprint density at radius 3 is 2.04 bits per heavy atom. The van der Waals surface area contributed by atoms with Crippen LogP contribution in [-0.2, 0) is 0 Å². The molecular formula is C19H23ClO3. The number of hydrogen-bond acceptors (Lipinski definition) is 3. The lowest BCUT2D eigenvalue weighted by atomic mass is 10.2. The second-order valence-corrected chi connectivity index (χ2v) is 5.63. The van der Waals surface area contributed by atoms with Crippen LogP contribution in [0.15, 0.2) is 42.5 Å². The normalized spacial score (nSPS) is 10.4. The van der Waals surface area contributed by atoms with Gasteiger partial charge < -0.3 is 14.2 Å². The van der Waals surface area contributed by atoms with Crippen molar-refractivity contribution in [2.45, 2.75) is 26.7 Å². The van der Waals surface area contributed by atoms with Crippen LogP contribution < -0.4 is 14.2 Å². The van der Waals surface area contributed by atoms with E-state index in [1.807, 2.05) is 56.3 Å². The van der Waals surface area contributed by atoms with Crippen LogP contribution in [0.1, 0.15) is 25.3 Å². The average Bonchev–Trinajstić information content (AvgIpc) is 2.54. The molecule has 2 rings (SSSR count). The Morgan fingerprint density at radius 1 is 0.826 bits per heavy atom. The third-order valence-electron chi connectivity index (χ3n) is 3.34. The lowest BCUT2D eigenvalue weighted by molar-refractivity contribution is 0.251. The van der Waals surface area contributed by atoms with Gasteiger partial charge in [0.15, 0.2) is 11.5 Å². The number of rotatable bonds is 9. The highest BCUT2D eigenvalue weighted by molar-refractivity contribution is 6.30. The van der Waals surface area contributed by atoms with Crippen LogP contribution in [0.5, 0.6) is 17.2 Å². The molecule has 0 atom stereocenters. The predicted molar refractivity (Wildman–Crippen MR) is 94.0 cm³/mol. The summed E-state index contributed by atoms with van der Waals surface area (Å²) in [5, 5.41) is 0.733. The molecule has 3 nitrogen and oxygen atoms in total. The second-order valence-electron chi connectivity index (χ2n) is 5.19. The molecule has 0 saturated carbocycles. The first-order valence-corrected chi connectivity index (χ1v) is 8.32. The molecule has 0 fully saturated rings. The van der Waals surface area contributed by atoms with Crippen molar-refractivity contribution in [3.05, 3.63) is 53.1 Å². The fraction of sp³-hybridized carbons (Fsp3) is 0.368. The van der Waals surface area contributed by atoms with E-state index in [1.54, 1.807) is 0 Å². The molecule has 0 spiro atoms. The second kappa shape index (κ2) is 9.31. The molecule has 0 aliphatic rings. The van der Waals surface area contributed by atoms with E-state index >= 15 is 0 Å². The lowest BCUT2D eigenvalue weighted by Gasteiger charge is -2.12. The Morgan fingerprint density at radius 2 is 1.43 bits per heavy atom. The predicted octanol–water partition coefficient (Wildman–Crippen LogP) is 5.29. The van der Waals surface area contributed by atoms with E-state index in [0.717, 1.165) is 40.7 Å². The number of aryl methyl sites for hydroxylation is 1. The van der Waals surface area contributed by atoms with Gasteiger partial charge in [0.1, 0.15) is 5.75 Å². The maximum absolute atomic E-state index is 5.93. The quantitative estimate of drug-likeness (QED) is 0.583. The van der Waals surface area contributed by atoms with Crippen molar-refractivity contribution < 1.29 is 14.2 Å². The molecule has 0 aliphatic carbocycles. The van der Waals surface area contributed by atoms with Gasteiger partial charge in [-0.2, -0.15) is 0 Å².